The van der Waals surface area contributed by atoms with Crippen molar-refractivity contribution < 1.29 is 23.6 Å². The van der Waals surface area contributed by atoms with Crippen LogP contribution in [0.1, 0.15) is 83.6 Å². The van der Waals surface area contributed by atoms with Crippen LogP contribution < -0.4 is 0 Å². The number of carbonyl (C=O) groups is 1. The first-order valence-electron chi connectivity index (χ1n) is 18.5. The van der Waals surface area contributed by atoms with Gasteiger partial charge in [-0.2, -0.15) is 0 Å². The summed E-state index contributed by atoms with van der Waals surface area (Å²) < 4.78 is 25.8. The van der Waals surface area contributed by atoms with Crippen molar-refractivity contribution in [3.05, 3.63) is 131 Å². The summed E-state index contributed by atoms with van der Waals surface area (Å²) >= 11 is 0. The van der Waals surface area contributed by atoms with Crippen LogP contribution in [0, 0.1) is 5.41 Å². The van der Waals surface area contributed by atoms with E-state index in [1.54, 1.807) is 0 Å². The second kappa shape index (κ2) is 13.3. The number of likely N-dealkylation sites (tertiary alicyclic amines) is 1. The normalized spacial score (nSPS) is 23.0. The van der Waals surface area contributed by atoms with Crippen LogP contribution in [0.2, 0.25) is 6.32 Å². The molecule has 0 amide bonds. The van der Waals surface area contributed by atoms with Gasteiger partial charge in [-0.05, 0) is 94.6 Å². The van der Waals surface area contributed by atoms with Crippen molar-refractivity contribution in [2.45, 2.75) is 103 Å². The van der Waals surface area contributed by atoms with E-state index in [2.05, 4.69) is 124 Å². The Morgan fingerprint density at radius 3 is 1.88 bits per heavy atom. The topological polar surface area (TPSA) is 57.2 Å². The largest absolute Gasteiger partial charge is 0.459 e. The Labute approximate surface area is 304 Å². The van der Waals surface area contributed by atoms with Crippen LogP contribution in [0.25, 0.3) is 11.1 Å². The lowest BCUT2D eigenvalue weighted by Crippen LogP contribution is -2.75. The summed E-state index contributed by atoms with van der Waals surface area (Å²) in [6.07, 6.45) is 2.29. The molecule has 7 heteroatoms. The molecule has 266 valence electrons. The minimum absolute atomic E-state index is 0.218. The number of hydrogen-bond acceptors (Lipinski definition) is 6. The average molecular weight is 686 g/mol. The zero-order chi connectivity index (χ0) is 36.1. The fourth-order valence-corrected chi connectivity index (χ4v) is 8.52. The van der Waals surface area contributed by atoms with Gasteiger partial charge in [0.1, 0.15) is 11.6 Å². The van der Waals surface area contributed by atoms with Crippen LogP contribution in [0.15, 0.2) is 109 Å². The Bertz CT molecular complexity index is 1790. The molecule has 0 aromatic heterocycles. The first-order valence-corrected chi connectivity index (χ1v) is 18.5. The maximum absolute atomic E-state index is 14.9. The third-order valence-electron chi connectivity index (χ3n) is 11.5. The van der Waals surface area contributed by atoms with Crippen LogP contribution in [0.5, 0.6) is 0 Å². The summed E-state index contributed by atoms with van der Waals surface area (Å²) in [7, 11) is -0.308. The van der Waals surface area contributed by atoms with Crippen LogP contribution in [-0.2, 0) is 35.7 Å². The Balaban J connectivity index is 1.31. The Kier molecular flexibility index (Phi) is 9.33. The predicted molar refractivity (Wildman–Crippen MR) is 203 cm³/mol. The van der Waals surface area contributed by atoms with Gasteiger partial charge in [-0.25, -0.2) is 0 Å². The molecule has 2 saturated heterocycles. The second-order valence-corrected chi connectivity index (χ2v) is 16.7. The molecule has 2 atom stereocenters. The lowest BCUT2D eigenvalue weighted by molar-refractivity contribution is -0.202. The maximum Gasteiger partial charge on any atom is 0.457 e. The zero-order valence-electron chi connectivity index (χ0n) is 31.3. The lowest BCUT2D eigenvalue weighted by atomic mass is 9.62. The van der Waals surface area contributed by atoms with E-state index >= 15 is 0 Å². The third kappa shape index (κ3) is 6.37. The minimum Gasteiger partial charge on any atom is -0.459 e. The number of hydrogen-bond donors (Lipinski definition) is 0. The quantitative estimate of drug-likeness (QED) is 0.116. The molecule has 1 aliphatic carbocycles. The fourth-order valence-electron chi connectivity index (χ4n) is 8.52. The molecule has 3 aliphatic rings. The third-order valence-corrected chi connectivity index (χ3v) is 11.5. The van der Waals surface area contributed by atoms with Crippen molar-refractivity contribution in [2.75, 3.05) is 13.2 Å². The number of carbonyl (C=O) groups excluding carboxylic acids is 1. The highest BCUT2D eigenvalue weighted by molar-refractivity contribution is 6.45. The van der Waals surface area contributed by atoms with E-state index in [0.717, 1.165) is 30.3 Å². The van der Waals surface area contributed by atoms with Crippen molar-refractivity contribution in [3.8, 4) is 11.1 Å². The van der Waals surface area contributed by atoms with Gasteiger partial charge in [-0.15, -0.1) is 0 Å². The highest BCUT2D eigenvalue weighted by Crippen LogP contribution is 2.60. The number of benzene rings is 4. The molecule has 51 heavy (non-hydrogen) atoms. The molecule has 2 fully saturated rings. The summed E-state index contributed by atoms with van der Waals surface area (Å²) in [5, 5.41) is 0. The molecule has 7 rings (SSSR count). The highest BCUT2D eigenvalue weighted by atomic mass is 16.7. The zero-order valence-corrected chi connectivity index (χ0v) is 31.3. The van der Waals surface area contributed by atoms with Crippen LogP contribution in [0.3, 0.4) is 0 Å². The molecule has 2 aliphatic heterocycles. The first-order chi connectivity index (χ1) is 24.3. The Morgan fingerprint density at radius 1 is 0.784 bits per heavy atom. The molecule has 0 radical (unpaired) electrons. The van der Waals surface area contributed by atoms with E-state index in [1.807, 2.05) is 39.0 Å². The molecule has 0 spiro atoms. The van der Waals surface area contributed by atoms with Gasteiger partial charge < -0.3 is 18.8 Å². The van der Waals surface area contributed by atoms with Crippen molar-refractivity contribution >= 4 is 13.1 Å². The molecule has 2 heterocycles. The highest BCUT2D eigenvalue weighted by Gasteiger charge is 2.66. The first kappa shape index (κ1) is 35.6. The molecule has 2 unspecified atom stereocenters. The van der Waals surface area contributed by atoms with E-state index in [4.69, 9.17) is 18.8 Å². The summed E-state index contributed by atoms with van der Waals surface area (Å²) in [4.78, 5) is 17.3. The smallest absolute Gasteiger partial charge is 0.457 e. The van der Waals surface area contributed by atoms with E-state index in [0.29, 0.717) is 19.8 Å². The van der Waals surface area contributed by atoms with Gasteiger partial charge in [0, 0.05) is 12.0 Å². The molecular formula is C44H52BNO5. The summed E-state index contributed by atoms with van der Waals surface area (Å²) in [6.45, 7) is 15.8. The molecule has 0 saturated carbocycles. The maximum atomic E-state index is 14.9. The van der Waals surface area contributed by atoms with Gasteiger partial charge in [0.05, 0.1) is 30.0 Å². The molecule has 0 N–H and O–H groups in total. The molecule has 0 bridgehead atoms. The van der Waals surface area contributed by atoms with Gasteiger partial charge >= 0.3 is 13.1 Å². The van der Waals surface area contributed by atoms with Gasteiger partial charge in [0.25, 0.3) is 0 Å². The van der Waals surface area contributed by atoms with E-state index in [-0.39, 0.29) is 13.1 Å². The summed E-state index contributed by atoms with van der Waals surface area (Å²) in [5.74, 6) is -0.218. The van der Waals surface area contributed by atoms with E-state index in [1.165, 1.54) is 22.3 Å². The fraction of sp³-hybridized carbons (Fsp3) is 0.432. The van der Waals surface area contributed by atoms with Gasteiger partial charge in [0.15, 0.2) is 0 Å². The van der Waals surface area contributed by atoms with Crippen LogP contribution in [-0.4, -0.2) is 54.0 Å². The molecule has 6 nitrogen and oxygen atoms in total. The lowest BCUT2D eigenvalue weighted by Gasteiger charge is -2.62. The van der Waals surface area contributed by atoms with Crippen LogP contribution >= 0.6 is 0 Å². The van der Waals surface area contributed by atoms with E-state index < -0.39 is 33.8 Å². The number of nitrogens with zero attached hydrogens (tertiary/aromatic N) is 1. The average Bonchev–Trinajstić information content (AvgIpc) is 3.49. The number of esters is 1. The molecule has 4 aromatic rings. The van der Waals surface area contributed by atoms with Crippen LogP contribution in [0.4, 0.5) is 0 Å². The van der Waals surface area contributed by atoms with E-state index in [9.17, 15) is 4.79 Å². The number of rotatable bonds is 11. The monoisotopic (exact) mass is 685 g/mol. The Hall–Kier alpha value is -3.75. The molecule has 4 aromatic carbocycles. The van der Waals surface area contributed by atoms with Crippen molar-refractivity contribution in [1.29, 1.82) is 0 Å². The number of fused-ring (bicyclic) bond motifs is 3. The SMILES string of the molecule is CC(C)(C)OC(=O)C1N(C2(c3ccccc3)c3ccccc3-c3ccccc32)CC1(CCCB1OC(C)(C)C(C)(C)O1)COCc1ccccc1. The van der Waals surface area contributed by atoms with Crippen molar-refractivity contribution in [1.82, 2.24) is 4.90 Å². The molecular weight excluding hydrogens is 633 g/mol. The van der Waals surface area contributed by atoms with Gasteiger partial charge in [-0.1, -0.05) is 116 Å². The second-order valence-electron chi connectivity index (χ2n) is 16.7. The summed E-state index contributed by atoms with van der Waals surface area (Å²) in [5.41, 5.74) is 4.31. The predicted octanol–water partition coefficient (Wildman–Crippen LogP) is 9.06. The van der Waals surface area contributed by atoms with Gasteiger partial charge in [0.2, 0.25) is 0 Å². The van der Waals surface area contributed by atoms with Gasteiger partial charge in [-0.3, -0.25) is 9.69 Å². The Morgan fingerprint density at radius 2 is 1.31 bits per heavy atom. The summed E-state index contributed by atoms with van der Waals surface area (Å²) in [6, 6.07) is 37.7. The minimum atomic E-state index is -0.704. The van der Waals surface area contributed by atoms with Crippen molar-refractivity contribution in [2.24, 2.45) is 5.41 Å². The number of ether oxygens (including phenoxy) is 2. The van der Waals surface area contributed by atoms with Crippen molar-refractivity contribution in [3.63, 3.8) is 0 Å². The standard InChI is InChI=1S/C44H52BNO5/c1-40(2,3)49-39(47)38-43(31-48-29-32-19-10-8-11-20-32,27-18-28-45-50-41(4,5)42(6,7)51-45)30-46(38)44(33-21-12-9-13-22-33)36-25-16-14-23-34(36)35-24-15-17-26-37(35)44/h8-17,19-26,38H,18,27-31H2,1-7H3.